The van der Waals surface area contributed by atoms with Gasteiger partial charge in [-0.3, -0.25) is 4.79 Å². The molecule has 6 heteroatoms. The quantitative estimate of drug-likeness (QED) is 0.784. The molecule has 0 aromatic rings. The average molecular weight is 277 g/mol. The summed E-state index contributed by atoms with van der Waals surface area (Å²) in [7, 11) is -2.88. The molecule has 0 saturated carbocycles. The van der Waals surface area contributed by atoms with E-state index in [-0.39, 0.29) is 23.5 Å². The highest BCUT2D eigenvalue weighted by Gasteiger charge is 2.29. The van der Waals surface area contributed by atoms with Crippen LogP contribution in [0.3, 0.4) is 0 Å². The van der Waals surface area contributed by atoms with Crippen LogP contribution in [0.15, 0.2) is 0 Å². The SMILES string of the molecule is CCS(=O)(=O)CCCN1CCC(C(=O)O)CC1C. The molecule has 1 N–H and O–H groups in total. The molecule has 18 heavy (non-hydrogen) atoms. The Morgan fingerprint density at radius 3 is 2.61 bits per heavy atom. The van der Waals surface area contributed by atoms with E-state index in [0.29, 0.717) is 19.3 Å². The Bertz CT molecular complexity index is 380. The molecular weight excluding hydrogens is 254 g/mol. The second-order valence-corrected chi connectivity index (χ2v) is 7.51. The van der Waals surface area contributed by atoms with Crippen molar-refractivity contribution in [2.45, 2.75) is 39.2 Å². The molecule has 0 amide bonds. The van der Waals surface area contributed by atoms with Crippen molar-refractivity contribution < 1.29 is 18.3 Å². The Labute approximate surface area is 109 Å². The number of carboxylic acid groups (broad SMARTS) is 1. The van der Waals surface area contributed by atoms with E-state index in [4.69, 9.17) is 5.11 Å². The second-order valence-electron chi connectivity index (χ2n) is 5.03. The van der Waals surface area contributed by atoms with E-state index in [9.17, 15) is 13.2 Å². The molecular formula is C12H23NO4S. The van der Waals surface area contributed by atoms with Crippen LogP contribution in [0.25, 0.3) is 0 Å². The number of hydrogen-bond acceptors (Lipinski definition) is 4. The van der Waals surface area contributed by atoms with E-state index in [1.807, 2.05) is 6.92 Å². The molecule has 0 aromatic carbocycles. The van der Waals surface area contributed by atoms with Gasteiger partial charge in [-0.15, -0.1) is 0 Å². The van der Waals surface area contributed by atoms with Gasteiger partial charge in [-0.25, -0.2) is 8.42 Å². The normalized spacial score (nSPS) is 26.1. The third kappa shape index (κ3) is 4.57. The smallest absolute Gasteiger partial charge is 0.306 e. The zero-order chi connectivity index (χ0) is 13.8. The summed E-state index contributed by atoms with van der Waals surface area (Å²) in [5.74, 6) is -0.524. The number of rotatable bonds is 6. The van der Waals surface area contributed by atoms with Gasteiger partial charge in [-0.1, -0.05) is 6.92 Å². The maximum atomic E-state index is 11.4. The van der Waals surface area contributed by atoms with Crippen LogP contribution in [-0.2, 0) is 14.6 Å². The summed E-state index contributed by atoms with van der Waals surface area (Å²) in [6.07, 6.45) is 1.97. The fraction of sp³-hybridized carbons (Fsp3) is 0.917. The van der Waals surface area contributed by atoms with Gasteiger partial charge in [0.1, 0.15) is 9.84 Å². The first-order chi connectivity index (χ1) is 8.35. The van der Waals surface area contributed by atoms with Crippen molar-refractivity contribution in [2.24, 2.45) is 5.92 Å². The number of aliphatic carboxylic acids is 1. The summed E-state index contributed by atoms with van der Waals surface area (Å²) in [5.41, 5.74) is 0. The predicted octanol–water partition coefficient (Wildman–Crippen LogP) is 0.996. The van der Waals surface area contributed by atoms with Gasteiger partial charge in [0.25, 0.3) is 0 Å². The number of piperidine rings is 1. The molecule has 1 heterocycles. The molecule has 106 valence electrons. The Balaban J connectivity index is 2.35. The molecule has 1 saturated heterocycles. The van der Waals surface area contributed by atoms with E-state index in [1.165, 1.54) is 0 Å². The van der Waals surface area contributed by atoms with Gasteiger partial charge in [0, 0.05) is 11.8 Å². The fourth-order valence-electron chi connectivity index (χ4n) is 2.41. The molecule has 2 atom stereocenters. The monoisotopic (exact) mass is 277 g/mol. The lowest BCUT2D eigenvalue weighted by molar-refractivity contribution is -0.144. The molecule has 0 aromatic heterocycles. The van der Waals surface area contributed by atoms with Crippen molar-refractivity contribution in [3.05, 3.63) is 0 Å². The summed E-state index contributed by atoms with van der Waals surface area (Å²) in [5, 5.41) is 8.96. The highest BCUT2D eigenvalue weighted by atomic mass is 32.2. The standard InChI is InChI=1S/C12H23NO4S/c1-3-18(16,17)8-4-6-13-7-5-11(12(14)15)9-10(13)2/h10-11H,3-9H2,1-2H3,(H,14,15). The van der Waals surface area contributed by atoms with Crippen LogP contribution in [0.2, 0.25) is 0 Å². The molecule has 1 fully saturated rings. The van der Waals surface area contributed by atoms with Crippen LogP contribution in [0, 0.1) is 5.92 Å². The van der Waals surface area contributed by atoms with E-state index in [2.05, 4.69) is 4.90 Å². The molecule has 0 bridgehead atoms. The second kappa shape index (κ2) is 6.52. The maximum absolute atomic E-state index is 11.4. The Kier molecular flexibility index (Phi) is 5.59. The summed E-state index contributed by atoms with van der Waals surface area (Å²) in [4.78, 5) is 13.1. The molecule has 5 nitrogen and oxygen atoms in total. The van der Waals surface area contributed by atoms with Gasteiger partial charge < -0.3 is 10.0 Å². The highest BCUT2D eigenvalue weighted by molar-refractivity contribution is 7.91. The van der Waals surface area contributed by atoms with E-state index >= 15 is 0 Å². The lowest BCUT2D eigenvalue weighted by Crippen LogP contribution is -2.43. The Morgan fingerprint density at radius 1 is 1.44 bits per heavy atom. The van der Waals surface area contributed by atoms with Crippen LogP contribution < -0.4 is 0 Å². The number of hydrogen-bond donors (Lipinski definition) is 1. The summed E-state index contributed by atoms with van der Waals surface area (Å²) in [6.45, 7) is 5.18. The van der Waals surface area contributed by atoms with Crippen LogP contribution in [0.1, 0.15) is 33.1 Å². The van der Waals surface area contributed by atoms with Crippen molar-refractivity contribution in [1.29, 1.82) is 0 Å². The van der Waals surface area contributed by atoms with Crippen LogP contribution in [0.5, 0.6) is 0 Å². The third-order valence-corrected chi connectivity index (χ3v) is 5.49. The topological polar surface area (TPSA) is 74.7 Å². The lowest BCUT2D eigenvalue weighted by Gasteiger charge is -2.36. The first-order valence-corrected chi connectivity index (χ1v) is 8.35. The van der Waals surface area contributed by atoms with E-state index in [1.54, 1.807) is 6.92 Å². The van der Waals surface area contributed by atoms with Gasteiger partial charge in [0.2, 0.25) is 0 Å². The molecule has 0 spiro atoms. The molecule has 0 radical (unpaired) electrons. The maximum Gasteiger partial charge on any atom is 0.306 e. The van der Waals surface area contributed by atoms with Gasteiger partial charge in [-0.05, 0) is 39.3 Å². The predicted molar refractivity (Wildman–Crippen MR) is 70.3 cm³/mol. The largest absolute Gasteiger partial charge is 0.481 e. The number of sulfone groups is 1. The van der Waals surface area contributed by atoms with E-state index < -0.39 is 15.8 Å². The molecule has 0 aliphatic carbocycles. The van der Waals surface area contributed by atoms with Crippen LogP contribution >= 0.6 is 0 Å². The average Bonchev–Trinajstić information content (AvgIpc) is 2.31. The van der Waals surface area contributed by atoms with Crippen LogP contribution in [0.4, 0.5) is 0 Å². The molecule has 1 aliphatic heterocycles. The lowest BCUT2D eigenvalue weighted by atomic mass is 9.92. The van der Waals surface area contributed by atoms with Crippen molar-refractivity contribution in [2.75, 3.05) is 24.6 Å². The van der Waals surface area contributed by atoms with Crippen molar-refractivity contribution in [3.8, 4) is 0 Å². The Morgan fingerprint density at radius 2 is 2.11 bits per heavy atom. The number of carboxylic acids is 1. The first kappa shape index (κ1) is 15.4. The summed E-state index contributed by atoms with van der Waals surface area (Å²) >= 11 is 0. The number of likely N-dealkylation sites (tertiary alicyclic amines) is 1. The number of nitrogens with zero attached hydrogens (tertiary/aromatic N) is 1. The van der Waals surface area contributed by atoms with Crippen molar-refractivity contribution >= 4 is 15.8 Å². The third-order valence-electron chi connectivity index (χ3n) is 3.70. The molecule has 1 aliphatic rings. The van der Waals surface area contributed by atoms with Crippen molar-refractivity contribution in [1.82, 2.24) is 4.90 Å². The van der Waals surface area contributed by atoms with Gasteiger partial charge in [0.05, 0.1) is 11.7 Å². The van der Waals surface area contributed by atoms with Gasteiger partial charge in [-0.2, -0.15) is 0 Å². The zero-order valence-electron chi connectivity index (χ0n) is 11.1. The first-order valence-electron chi connectivity index (χ1n) is 6.53. The zero-order valence-corrected chi connectivity index (χ0v) is 11.9. The summed E-state index contributed by atoms with van der Waals surface area (Å²) < 4.78 is 22.7. The minimum absolute atomic E-state index is 0.198. The highest BCUT2D eigenvalue weighted by Crippen LogP contribution is 2.23. The van der Waals surface area contributed by atoms with E-state index in [0.717, 1.165) is 13.1 Å². The van der Waals surface area contributed by atoms with Gasteiger partial charge >= 0.3 is 5.97 Å². The minimum atomic E-state index is -2.88. The summed E-state index contributed by atoms with van der Waals surface area (Å²) in [6, 6.07) is 0.226. The van der Waals surface area contributed by atoms with Crippen molar-refractivity contribution in [3.63, 3.8) is 0 Å². The minimum Gasteiger partial charge on any atom is -0.481 e. The Hall–Kier alpha value is -0.620. The van der Waals surface area contributed by atoms with Crippen LogP contribution in [-0.4, -0.2) is 55.0 Å². The fourth-order valence-corrected chi connectivity index (χ4v) is 3.27. The molecule has 2 unspecified atom stereocenters. The molecule has 1 rings (SSSR count). The number of carbonyl (C=O) groups is 1. The van der Waals surface area contributed by atoms with Gasteiger partial charge in [0.15, 0.2) is 0 Å².